The topological polar surface area (TPSA) is 43.6 Å². The van der Waals surface area contributed by atoms with Crippen molar-refractivity contribution in [3.63, 3.8) is 0 Å². The zero-order valence-electron chi connectivity index (χ0n) is 13.0. The molecule has 0 saturated carbocycles. The highest BCUT2D eigenvalue weighted by atomic mass is 35.5. The molecule has 0 fully saturated rings. The van der Waals surface area contributed by atoms with E-state index in [4.69, 9.17) is 27.9 Å². The lowest BCUT2D eigenvalue weighted by molar-refractivity contribution is 0.0998. The van der Waals surface area contributed by atoms with E-state index >= 15 is 0 Å². The fourth-order valence-electron chi connectivity index (χ4n) is 2.45. The van der Waals surface area contributed by atoms with Crippen molar-refractivity contribution in [3.05, 3.63) is 56.8 Å². The molecule has 3 rings (SSSR count). The molecule has 0 N–H and O–H groups in total. The van der Waals surface area contributed by atoms with Crippen LogP contribution in [0.5, 0.6) is 5.75 Å². The minimum atomic E-state index is -0.421. The number of ether oxygens (including phenoxy) is 1. The van der Waals surface area contributed by atoms with Gasteiger partial charge in [0.25, 0.3) is 5.91 Å². The van der Waals surface area contributed by atoms with Crippen molar-refractivity contribution in [1.82, 2.24) is 4.57 Å². The predicted molar refractivity (Wildman–Crippen MR) is 98.4 cm³/mol. The van der Waals surface area contributed by atoms with E-state index in [2.05, 4.69) is 4.99 Å². The van der Waals surface area contributed by atoms with Gasteiger partial charge in [-0.15, -0.1) is 0 Å². The second-order valence-electron chi connectivity index (χ2n) is 4.98. The van der Waals surface area contributed by atoms with Gasteiger partial charge in [0.2, 0.25) is 0 Å². The van der Waals surface area contributed by atoms with Gasteiger partial charge in [-0.3, -0.25) is 4.79 Å². The third-order valence-corrected chi connectivity index (χ3v) is 5.16. The molecule has 0 radical (unpaired) electrons. The van der Waals surface area contributed by atoms with Gasteiger partial charge in [-0.25, -0.2) is 0 Å². The van der Waals surface area contributed by atoms with Crippen LogP contribution in [-0.4, -0.2) is 17.6 Å². The second-order valence-corrected chi connectivity index (χ2v) is 6.83. The Labute approximate surface area is 152 Å². The Morgan fingerprint density at radius 3 is 2.79 bits per heavy atom. The molecule has 24 heavy (non-hydrogen) atoms. The van der Waals surface area contributed by atoms with Crippen LogP contribution < -0.4 is 9.54 Å². The summed E-state index contributed by atoms with van der Waals surface area (Å²) in [5, 5.41) is 0.772. The molecule has 0 saturated heterocycles. The lowest BCUT2D eigenvalue weighted by Gasteiger charge is -2.05. The van der Waals surface area contributed by atoms with Gasteiger partial charge in [-0.05, 0) is 37.3 Å². The standard InChI is InChI=1S/C17H14Cl2N2O2S/c1-3-21-15-13(23-2)5-4-6-14(15)24-17(21)20-16(22)11-9-10(18)7-8-12(11)19/h4-9H,3H2,1-2H3. The van der Waals surface area contributed by atoms with Crippen molar-refractivity contribution in [2.75, 3.05) is 7.11 Å². The minimum Gasteiger partial charge on any atom is -0.495 e. The molecule has 2 aromatic carbocycles. The first-order valence-electron chi connectivity index (χ1n) is 7.25. The highest BCUT2D eigenvalue weighted by Gasteiger charge is 2.14. The molecule has 0 spiro atoms. The van der Waals surface area contributed by atoms with Crippen molar-refractivity contribution in [2.24, 2.45) is 4.99 Å². The van der Waals surface area contributed by atoms with Gasteiger partial charge in [0.1, 0.15) is 11.3 Å². The number of carbonyl (C=O) groups excluding carboxylic acids is 1. The van der Waals surface area contributed by atoms with E-state index in [0.717, 1.165) is 16.0 Å². The van der Waals surface area contributed by atoms with Gasteiger partial charge < -0.3 is 9.30 Å². The molecule has 0 unspecified atom stereocenters. The number of benzene rings is 2. The molecule has 0 aliphatic carbocycles. The molecule has 0 aliphatic heterocycles. The van der Waals surface area contributed by atoms with Crippen LogP contribution in [0, 0.1) is 0 Å². The molecule has 3 aromatic rings. The van der Waals surface area contributed by atoms with Crippen molar-refractivity contribution in [1.29, 1.82) is 0 Å². The molecule has 1 aromatic heterocycles. The van der Waals surface area contributed by atoms with Crippen molar-refractivity contribution >= 4 is 50.7 Å². The minimum absolute atomic E-state index is 0.288. The lowest BCUT2D eigenvalue weighted by atomic mass is 10.2. The van der Waals surface area contributed by atoms with E-state index < -0.39 is 5.91 Å². The fraction of sp³-hybridized carbons (Fsp3) is 0.176. The highest BCUT2D eigenvalue weighted by molar-refractivity contribution is 7.16. The first-order valence-corrected chi connectivity index (χ1v) is 8.82. The first kappa shape index (κ1) is 17.0. The number of carbonyl (C=O) groups is 1. The average molecular weight is 381 g/mol. The van der Waals surface area contributed by atoms with Gasteiger partial charge in [-0.1, -0.05) is 40.6 Å². The number of nitrogens with zero attached hydrogens (tertiary/aromatic N) is 2. The maximum absolute atomic E-state index is 12.5. The molecule has 7 heteroatoms. The largest absolute Gasteiger partial charge is 0.495 e. The van der Waals surface area contributed by atoms with E-state index in [1.54, 1.807) is 19.2 Å². The molecule has 0 atom stereocenters. The SMILES string of the molecule is CCn1c(=NC(=O)c2cc(Cl)ccc2Cl)sc2cccc(OC)c21. The number of fused-ring (bicyclic) bond motifs is 1. The molecule has 124 valence electrons. The summed E-state index contributed by atoms with van der Waals surface area (Å²) in [4.78, 5) is 17.4. The van der Waals surface area contributed by atoms with Gasteiger partial charge >= 0.3 is 0 Å². The zero-order chi connectivity index (χ0) is 17.3. The van der Waals surface area contributed by atoms with Crippen LogP contribution in [-0.2, 0) is 6.54 Å². The third kappa shape index (κ3) is 3.07. The summed E-state index contributed by atoms with van der Waals surface area (Å²) in [6.07, 6.45) is 0. The van der Waals surface area contributed by atoms with Crippen LogP contribution >= 0.6 is 34.5 Å². The van der Waals surface area contributed by atoms with E-state index in [-0.39, 0.29) is 5.56 Å². The fourth-order valence-corrected chi connectivity index (χ4v) is 3.93. The molecule has 4 nitrogen and oxygen atoms in total. The number of amides is 1. The van der Waals surface area contributed by atoms with E-state index in [9.17, 15) is 4.79 Å². The number of rotatable bonds is 3. The summed E-state index contributed by atoms with van der Waals surface area (Å²) in [6.45, 7) is 2.66. The van der Waals surface area contributed by atoms with Crippen LogP contribution in [0.1, 0.15) is 17.3 Å². The number of aromatic nitrogens is 1. The molecule has 0 aliphatic rings. The van der Waals surface area contributed by atoms with Gasteiger partial charge in [0.05, 0.1) is 22.4 Å². The summed E-state index contributed by atoms with van der Waals surface area (Å²) in [5.41, 5.74) is 1.22. The maximum atomic E-state index is 12.5. The summed E-state index contributed by atoms with van der Waals surface area (Å²) in [6, 6.07) is 10.5. The number of thiazole rings is 1. The smallest absolute Gasteiger partial charge is 0.281 e. The van der Waals surface area contributed by atoms with E-state index in [0.29, 0.717) is 21.4 Å². The quantitative estimate of drug-likeness (QED) is 0.655. The van der Waals surface area contributed by atoms with Crippen molar-refractivity contribution in [2.45, 2.75) is 13.5 Å². The number of methoxy groups -OCH3 is 1. The number of hydrogen-bond acceptors (Lipinski definition) is 3. The lowest BCUT2D eigenvalue weighted by Crippen LogP contribution is -2.16. The number of aryl methyl sites for hydroxylation is 1. The summed E-state index contributed by atoms with van der Waals surface area (Å²) >= 11 is 13.5. The predicted octanol–water partition coefficient (Wildman–Crippen LogP) is 4.78. The molecule has 1 heterocycles. The van der Waals surface area contributed by atoms with Crippen LogP contribution in [0.2, 0.25) is 10.0 Å². The van der Waals surface area contributed by atoms with Gasteiger partial charge in [0.15, 0.2) is 4.80 Å². The normalized spacial score (nSPS) is 11.9. The Morgan fingerprint density at radius 1 is 1.29 bits per heavy atom. The summed E-state index contributed by atoms with van der Waals surface area (Å²) in [5.74, 6) is 0.329. The Bertz CT molecular complexity index is 992. The Morgan fingerprint density at radius 2 is 2.08 bits per heavy atom. The first-order chi connectivity index (χ1) is 11.5. The average Bonchev–Trinajstić information content (AvgIpc) is 2.93. The summed E-state index contributed by atoms with van der Waals surface area (Å²) < 4.78 is 8.38. The maximum Gasteiger partial charge on any atom is 0.281 e. The van der Waals surface area contributed by atoms with E-state index in [1.807, 2.05) is 29.7 Å². The molecular formula is C17H14Cl2N2O2S. The van der Waals surface area contributed by atoms with Crippen molar-refractivity contribution < 1.29 is 9.53 Å². The third-order valence-electron chi connectivity index (χ3n) is 3.56. The number of para-hydroxylation sites is 1. The summed E-state index contributed by atoms with van der Waals surface area (Å²) in [7, 11) is 1.63. The second kappa shape index (κ2) is 6.97. The molecular weight excluding hydrogens is 367 g/mol. The number of hydrogen-bond donors (Lipinski definition) is 0. The molecule has 1 amide bonds. The van der Waals surface area contributed by atoms with Crippen LogP contribution in [0.25, 0.3) is 10.2 Å². The monoisotopic (exact) mass is 380 g/mol. The molecule has 0 bridgehead atoms. The van der Waals surface area contributed by atoms with Crippen molar-refractivity contribution in [3.8, 4) is 5.75 Å². The van der Waals surface area contributed by atoms with Gasteiger partial charge in [-0.2, -0.15) is 4.99 Å². The van der Waals surface area contributed by atoms with E-state index in [1.165, 1.54) is 17.4 Å². The Kier molecular flexibility index (Phi) is 4.94. The highest BCUT2D eigenvalue weighted by Crippen LogP contribution is 2.27. The van der Waals surface area contributed by atoms with Gasteiger partial charge in [0, 0.05) is 11.6 Å². The van der Waals surface area contributed by atoms with Crippen LogP contribution in [0.3, 0.4) is 0 Å². The van der Waals surface area contributed by atoms with Crippen LogP contribution in [0.15, 0.2) is 41.4 Å². The zero-order valence-corrected chi connectivity index (χ0v) is 15.4. The van der Waals surface area contributed by atoms with Crippen LogP contribution in [0.4, 0.5) is 0 Å². The Balaban J connectivity index is 2.20. The number of halogens is 2. The Hall–Kier alpha value is -1.82.